The molecule has 1 fully saturated rings. The molecule has 0 unspecified atom stereocenters. The van der Waals surface area contributed by atoms with Gasteiger partial charge in [0.25, 0.3) is 0 Å². The summed E-state index contributed by atoms with van der Waals surface area (Å²) in [5.41, 5.74) is 2.69. The van der Waals surface area contributed by atoms with Crippen LogP contribution in [0.1, 0.15) is 29.6 Å². The zero-order valence-corrected chi connectivity index (χ0v) is 9.75. The third-order valence-corrected chi connectivity index (χ3v) is 3.44. The first-order valence-corrected chi connectivity index (χ1v) is 6.15. The van der Waals surface area contributed by atoms with Crippen LogP contribution in [0.5, 0.6) is 0 Å². The average Bonchev–Trinajstić information content (AvgIpc) is 2.90. The highest BCUT2D eigenvalue weighted by atomic mass is 16.5. The number of hydrogen-bond acceptors (Lipinski definition) is 1. The second-order valence-corrected chi connectivity index (χ2v) is 4.58. The van der Waals surface area contributed by atoms with Crippen LogP contribution < -0.4 is 0 Å². The van der Waals surface area contributed by atoms with Crippen molar-refractivity contribution >= 4 is 0 Å². The van der Waals surface area contributed by atoms with Gasteiger partial charge in [0.2, 0.25) is 0 Å². The fourth-order valence-electron chi connectivity index (χ4n) is 2.48. The lowest BCUT2D eigenvalue weighted by molar-refractivity contribution is 0.110. The molecular formula is C16H16O. The third kappa shape index (κ3) is 2.25. The summed E-state index contributed by atoms with van der Waals surface area (Å²) < 4.78 is 5.91. The number of ether oxygens (including phenoxy) is 1. The van der Waals surface area contributed by atoms with Gasteiger partial charge in [-0.15, -0.1) is 0 Å². The standard InChI is InChI=1S/C16H16O/c1-3-7-13(8-4-1)15-11-16(17-12-15)14-9-5-2-6-10-14/h1-10,15-16H,11-12H2/t15-,16+/m0/s1. The molecule has 2 aromatic carbocycles. The van der Waals surface area contributed by atoms with E-state index in [0.717, 1.165) is 13.0 Å². The Balaban J connectivity index is 1.75. The molecular weight excluding hydrogens is 208 g/mol. The van der Waals surface area contributed by atoms with E-state index in [1.54, 1.807) is 0 Å². The van der Waals surface area contributed by atoms with E-state index in [2.05, 4.69) is 54.6 Å². The molecule has 0 amide bonds. The quantitative estimate of drug-likeness (QED) is 0.751. The summed E-state index contributed by atoms with van der Waals surface area (Å²) >= 11 is 0. The van der Waals surface area contributed by atoms with Crippen molar-refractivity contribution < 1.29 is 4.74 Å². The van der Waals surface area contributed by atoms with Gasteiger partial charge in [0.05, 0.1) is 12.7 Å². The molecule has 3 rings (SSSR count). The summed E-state index contributed by atoms with van der Waals surface area (Å²) in [6, 6.07) is 21.2. The molecule has 0 spiro atoms. The van der Waals surface area contributed by atoms with E-state index in [1.165, 1.54) is 11.1 Å². The first-order chi connectivity index (χ1) is 8.43. The first kappa shape index (κ1) is 10.5. The van der Waals surface area contributed by atoms with E-state index >= 15 is 0 Å². The Morgan fingerprint density at radius 1 is 0.765 bits per heavy atom. The lowest BCUT2D eigenvalue weighted by Gasteiger charge is -2.09. The number of hydrogen-bond donors (Lipinski definition) is 0. The van der Waals surface area contributed by atoms with E-state index < -0.39 is 0 Å². The van der Waals surface area contributed by atoms with Crippen LogP contribution in [0.2, 0.25) is 0 Å². The minimum atomic E-state index is 0.265. The van der Waals surface area contributed by atoms with Crippen molar-refractivity contribution in [3.8, 4) is 0 Å². The topological polar surface area (TPSA) is 9.23 Å². The van der Waals surface area contributed by atoms with Crippen molar-refractivity contribution in [2.75, 3.05) is 6.61 Å². The summed E-state index contributed by atoms with van der Waals surface area (Å²) in [6.45, 7) is 0.837. The van der Waals surface area contributed by atoms with Crippen LogP contribution in [0.3, 0.4) is 0 Å². The van der Waals surface area contributed by atoms with Gasteiger partial charge in [0.1, 0.15) is 0 Å². The van der Waals surface area contributed by atoms with Gasteiger partial charge in [0.15, 0.2) is 0 Å². The Kier molecular flexibility index (Phi) is 2.93. The van der Waals surface area contributed by atoms with Crippen LogP contribution in [0.4, 0.5) is 0 Å². The van der Waals surface area contributed by atoms with Crippen LogP contribution in [-0.2, 0) is 4.74 Å². The minimum Gasteiger partial charge on any atom is -0.373 e. The Morgan fingerprint density at radius 3 is 2.00 bits per heavy atom. The predicted octanol–water partition coefficient (Wildman–Crippen LogP) is 3.93. The van der Waals surface area contributed by atoms with Crippen molar-refractivity contribution in [3.05, 3.63) is 71.8 Å². The summed E-state index contributed by atoms with van der Waals surface area (Å²) in [7, 11) is 0. The number of rotatable bonds is 2. The van der Waals surface area contributed by atoms with Crippen molar-refractivity contribution in [1.29, 1.82) is 0 Å². The lowest BCUT2D eigenvalue weighted by atomic mass is 9.94. The second kappa shape index (κ2) is 4.72. The van der Waals surface area contributed by atoms with Gasteiger partial charge in [-0.1, -0.05) is 60.7 Å². The second-order valence-electron chi connectivity index (χ2n) is 4.58. The lowest BCUT2D eigenvalue weighted by Crippen LogP contribution is -1.96. The normalized spacial score (nSPS) is 23.8. The van der Waals surface area contributed by atoms with Crippen LogP contribution >= 0.6 is 0 Å². The Labute approximate surface area is 102 Å². The summed E-state index contributed by atoms with van der Waals surface area (Å²) in [6.07, 6.45) is 1.36. The van der Waals surface area contributed by atoms with Gasteiger partial charge in [-0.2, -0.15) is 0 Å². The highest BCUT2D eigenvalue weighted by molar-refractivity contribution is 5.24. The molecule has 0 bridgehead atoms. The molecule has 1 heteroatoms. The summed E-state index contributed by atoms with van der Waals surface area (Å²) in [5, 5.41) is 0. The predicted molar refractivity (Wildman–Crippen MR) is 68.9 cm³/mol. The number of benzene rings is 2. The minimum absolute atomic E-state index is 0.265. The molecule has 0 radical (unpaired) electrons. The molecule has 1 saturated heterocycles. The van der Waals surface area contributed by atoms with Gasteiger partial charge >= 0.3 is 0 Å². The highest BCUT2D eigenvalue weighted by Crippen LogP contribution is 2.37. The van der Waals surface area contributed by atoms with E-state index in [-0.39, 0.29) is 6.10 Å². The maximum atomic E-state index is 5.91. The van der Waals surface area contributed by atoms with Crippen molar-refractivity contribution in [2.45, 2.75) is 18.4 Å². The third-order valence-electron chi connectivity index (χ3n) is 3.44. The van der Waals surface area contributed by atoms with Crippen molar-refractivity contribution in [1.82, 2.24) is 0 Å². The fraction of sp³-hybridized carbons (Fsp3) is 0.250. The molecule has 1 nitrogen and oxygen atoms in total. The van der Waals surface area contributed by atoms with E-state index in [0.29, 0.717) is 5.92 Å². The van der Waals surface area contributed by atoms with Gasteiger partial charge in [-0.25, -0.2) is 0 Å². The Morgan fingerprint density at radius 2 is 1.35 bits per heavy atom. The fourth-order valence-corrected chi connectivity index (χ4v) is 2.48. The molecule has 1 aliphatic heterocycles. The molecule has 2 atom stereocenters. The smallest absolute Gasteiger partial charge is 0.0831 e. The average molecular weight is 224 g/mol. The van der Waals surface area contributed by atoms with Crippen molar-refractivity contribution in [2.24, 2.45) is 0 Å². The van der Waals surface area contributed by atoms with Crippen LogP contribution in [0.25, 0.3) is 0 Å². The Bertz CT molecular complexity index is 418. The SMILES string of the molecule is c1ccc([C@@H]2CO[C@@H](c3ccccc3)C2)cc1. The van der Waals surface area contributed by atoms with E-state index in [1.807, 2.05) is 6.07 Å². The monoisotopic (exact) mass is 224 g/mol. The molecule has 1 aliphatic rings. The van der Waals surface area contributed by atoms with Gasteiger partial charge < -0.3 is 4.74 Å². The van der Waals surface area contributed by atoms with E-state index in [4.69, 9.17) is 4.74 Å². The highest BCUT2D eigenvalue weighted by Gasteiger charge is 2.27. The summed E-state index contributed by atoms with van der Waals surface area (Å²) in [4.78, 5) is 0. The molecule has 0 saturated carbocycles. The van der Waals surface area contributed by atoms with Crippen molar-refractivity contribution in [3.63, 3.8) is 0 Å². The first-order valence-electron chi connectivity index (χ1n) is 6.15. The zero-order chi connectivity index (χ0) is 11.5. The molecule has 0 aliphatic carbocycles. The molecule has 1 heterocycles. The van der Waals surface area contributed by atoms with Crippen LogP contribution in [0, 0.1) is 0 Å². The van der Waals surface area contributed by atoms with Gasteiger partial charge in [0, 0.05) is 5.92 Å². The maximum absolute atomic E-state index is 5.91. The Hall–Kier alpha value is -1.60. The molecule has 0 N–H and O–H groups in total. The molecule has 0 aromatic heterocycles. The largest absolute Gasteiger partial charge is 0.373 e. The van der Waals surface area contributed by atoms with Gasteiger partial charge in [-0.3, -0.25) is 0 Å². The zero-order valence-electron chi connectivity index (χ0n) is 9.75. The van der Waals surface area contributed by atoms with Gasteiger partial charge in [-0.05, 0) is 17.5 Å². The van der Waals surface area contributed by atoms with E-state index in [9.17, 15) is 0 Å². The van der Waals surface area contributed by atoms with Crippen LogP contribution in [-0.4, -0.2) is 6.61 Å². The van der Waals surface area contributed by atoms with Crippen LogP contribution in [0.15, 0.2) is 60.7 Å². The maximum Gasteiger partial charge on any atom is 0.0831 e. The molecule has 86 valence electrons. The molecule has 17 heavy (non-hydrogen) atoms. The molecule has 2 aromatic rings. The summed E-state index contributed by atoms with van der Waals surface area (Å²) in [5.74, 6) is 0.543.